The molecule has 0 saturated carbocycles. The second-order valence-electron chi connectivity index (χ2n) is 6.52. The zero-order valence-electron chi connectivity index (χ0n) is 14.0. The summed E-state index contributed by atoms with van der Waals surface area (Å²) >= 11 is 0. The number of nitrogens with zero attached hydrogens (tertiary/aromatic N) is 3. The molecule has 0 aliphatic carbocycles. The number of aliphatic hydroxyl groups is 1. The number of likely N-dealkylation sites (tertiary alicyclic amines) is 1. The third-order valence-electron chi connectivity index (χ3n) is 4.51. The van der Waals surface area contributed by atoms with Gasteiger partial charge in [0.05, 0.1) is 18.3 Å². The molecule has 134 valence electrons. The van der Waals surface area contributed by atoms with Gasteiger partial charge in [-0.1, -0.05) is 29.8 Å². The first kappa shape index (κ1) is 17.5. The molecule has 5 nitrogen and oxygen atoms in total. The van der Waals surface area contributed by atoms with E-state index in [-0.39, 0.29) is 25.4 Å². The van der Waals surface area contributed by atoms with Gasteiger partial charge in [0.1, 0.15) is 6.10 Å². The van der Waals surface area contributed by atoms with E-state index in [0.29, 0.717) is 12.1 Å². The maximum atomic E-state index is 13.6. The first-order valence-corrected chi connectivity index (χ1v) is 8.28. The summed E-state index contributed by atoms with van der Waals surface area (Å²) < 4.78 is 28.8. The average Bonchev–Trinajstić information content (AvgIpc) is 2.99. The monoisotopic (exact) mass is 349 g/mol. The molecule has 7 heteroatoms. The van der Waals surface area contributed by atoms with E-state index in [0.717, 1.165) is 5.56 Å². The molecule has 0 spiro atoms. The van der Waals surface area contributed by atoms with Crippen molar-refractivity contribution in [1.29, 1.82) is 0 Å². The van der Waals surface area contributed by atoms with Gasteiger partial charge in [-0.2, -0.15) is 5.10 Å². The van der Waals surface area contributed by atoms with Crippen LogP contribution in [0.3, 0.4) is 0 Å². The molecule has 2 aromatic rings. The lowest BCUT2D eigenvalue weighted by Gasteiger charge is -2.19. The standard InChI is InChI=1S/C18H21F2N3O2/c1-13-2-4-14(5-3-13)11-23-12-15(10-21-23)17(25)22-8-6-16(24)18(19,20)7-9-22/h2-5,10,12,16,24H,6-9,11H2,1H3. The minimum absolute atomic E-state index is 0.0773. The van der Waals surface area contributed by atoms with Gasteiger partial charge in [-0.05, 0) is 18.9 Å². The number of carbonyl (C=O) groups is 1. The molecule has 0 bridgehead atoms. The number of rotatable bonds is 3. The van der Waals surface area contributed by atoms with Crippen molar-refractivity contribution < 1.29 is 18.7 Å². The summed E-state index contributed by atoms with van der Waals surface area (Å²) in [6.45, 7) is 2.57. The lowest BCUT2D eigenvalue weighted by Crippen LogP contribution is -2.33. The van der Waals surface area contributed by atoms with Crippen LogP contribution in [-0.4, -0.2) is 50.8 Å². The Labute approximate surface area is 144 Å². The Balaban J connectivity index is 1.67. The molecule has 1 N–H and O–H groups in total. The van der Waals surface area contributed by atoms with Crippen LogP contribution in [0.15, 0.2) is 36.7 Å². The molecule has 1 aliphatic rings. The van der Waals surface area contributed by atoms with Gasteiger partial charge in [-0.3, -0.25) is 9.48 Å². The number of hydrogen-bond acceptors (Lipinski definition) is 3. The van der Waals surface area contributed by atoms with E-state index in [1.807, 2.05) is 31.2 Å². The molecule has 1 atom stereocenters. The average molecular weight is 349 g/mol. The van der Waals surface area contributed by atoms with Gasteiger partial charge in [-0.25, -0.2) is 8.78 Å². The van der Waals surface area contributed by atoms with Gasteiger partial charge in [0, 0.05) is 25.7 Å². The molecule has 1 fully saturated rings. The fraction of sp³-hybridized carbons (Fsp3) is 0.444. The first-order chi connectivity index (χ1) is 11.8. The number of aromatic nitrogens is 2. The van der Waals surface area contributed by atoms with Crippen LogP contribution in [0, 0.1) is 6.92 Å². The van der Waals surface area contributed by atoms with Crippen LogP contribution in [0.1, 0.15) is 34.3 Å². The minimum atomic E-state index is -3.15. The maximum Gasteiger partial charge on any atom is 0.275 e. The molecule has 1 amide bonds. The Bertz CT molecular complexity index is 743. The van der Waals surface area contributed by atoms with Crippen LogP contribution < -0.4 is 0 Å². The summed E-state index contributed by atoms with van der Waals surface area (Å²) in [5, 5.41) is 13.7. The molecule has 1 aliphatic heterocycles. The third-order valence-corrected chi connectivity index (χ3v) is 4.51. The Hall–Kier alpha value is -2.28. The van der Waals surface area contributed by atoms with Crippen LogP contribution in [0.2, 0.25) is 0 Å². The second-order valence-corrected chi connectivity index (χ2v) is 6.52. The van der Waals surface area contributed by atoms with Gasteiger partial charge in [0.15, 0.2) is 0 Å². The maximum absolute atomic E-state index is 13.6. The third kappa shape index (κ3) is 4.04. The van der Waals surface area contributed by atoms with Crippen molar-refractivity contribution in [3.8, 4) is 0 Å². The Morgan fingerprint density at radius 1 is 1.32 bits per heavy atom. The summed E-state index contributed by atoms with van der Waals surface area (Å²) in [6.07, 6.45) is 0.722. The van der Waals surface area contributed by atoms with Crippen LogP contribution >= 0.6 is 0 Å². The topological polar surface area (TPSA) is 58.4 Å². The number of aliphatic hydroxyl groups excluding tert-OH is 1. The van der Waals surface area contributed by atoms with Gasteiger partial charge < -0.3 is 10.0 Å². The lowest BCUT2D eigenvalue weighted by atomic mass is 10.1. The number of alkyl halides is 2. The Kier molecular flexibility index (Phi) is 4.85. The fourth-order valence-electron chi connectivity index (χ4n) is 2.88. The van der Waals surface area contributed by atoms with E-state index in [9.17, 15) is 18.7 Å². The zero-order valence-corrected chi connectivity index (χ0v) is 14.0. The molecule has 1 aromatic heterocycles. The fourth-order valence-corrected chi connectivity index (χ4v) is 2.88. The molecule has 1 saturated heterocycles. The molecule has 2 heterocycles. The highest BCUT2D eigenvalue weighted by Gasteiger charge is 2.41. The largest absolute Gasteiger partial charge is 0.387 e. The van der Waals surface area contributed by atoms with Crippen molar-refractivity contribution in [3.63, 3.8) is 0 Å². The van der Waals surface area contributed by atoms with E-state index in [1.54, 1.807) is 10.9 Å². The lowest BCUT2D eigenvalue weighted by molar-refractivity contribution is -0.108. The summed E-state index contributed by atoms with van der Waals surface area (Å²) in [7, 11) is 0. The number of aryl methyl sites for hydroxylation is 1. The predicted octanol–water partition coefficient (Wildman–Crippen LogP) is 2.47. The van der Waals surface area contributed by atoms with Crippen LogP contribution in [0.5, 0.6) is 0 Å². The van der Waals surface area contributed by atoms with Crippen molar-refractivity contribution in [3.05, 3.63) is 53.3 Å². The highest BCUT2D eigenvalue weighted by atomic mass is 19.3. The number of halogens is 2. The van der Waals surface area contributed by atoms with Crippen LogP contribution in [0.4, 0.5) is 8.78 Å². The molecule has 3 rings (SSSR count). The number of carbonyl (C=O) groups excluding carboxylic acids is 1. The van der Waals surface area contributed by atoms with E-state index in [4.69, 9.17) is 0 Å². The van der Waals surface area contributed by atoms with Crippen molar-refractivity contribution in [2.75, 3.05) is 13.1 Å². The molecule has 0 radical (unpaired) electrons. The first-order valence-electron chi connectivity index (χ1n) is 8.28. The van der Waals surface area contributed by atoms with E-state index >= 15 is 0 Å². The van der Waals surface area contributed by atoms with Gasteiger partial charge in [-0.15, -0.1) is 0 Å². The Morgan fingerprint density at radius 2 is 2.04 bits per heavy atom. The summed E-state index contributed by atoms with van der Waals surface area (Å²) in [5.41, 5.74) is 2.59. The number of hydrogen-bond donors (Lipinski definition) is 1. The summed E-state index contributed by atoms with van der Waals surface area (Å²) in [4.78, 5) is 13.9. The van der Waals surface area contributed by atoms with E-state index in [1.165, 1.54) is 16.7 Å². The minimum Gasteiger partial charge on any atom is -0.387 e. The molecule has 1 unspecified atom stereocenters. The quantitative estimate of drug-likeness (QED) is 0.926. The van der Waals surface area contributed by atoms with Crippen molar-refractivity contribution in [1.82, 2.24) is 14.7 Å². The van der Waals surface area contributed by atoms with E-state index in [2.05, 4.69) is 5.10 Å². The second kappa shape index (κ2) is 6.92. The highest BCUT2D eigenvalue weighted by Crippen LogP contribution is 2.28. The summed E-state index contributed by atoms with van der Waals surface area (Å²) in [5.74, 6) is -3.48. The van der Waals surface area contributed by atoms with Crippen LogP contribution in [0.25, 0.3) is 0 Å². The molecular weight excluding hydrogens is 328 g/mol. The normalized spacial score (nSPS) is 20.3. The van der Waals surface area contributed by atoms with Crippen molar-refractivity contribution >= 4 is 5.91 Å². The van der Waals surface area contributed by atoms with Crippen molar-refractivity contribution in [2.24, 2.45) is 0 Å². The SMILES string of the molecule is Cc1ccc(Cn2cc(C(=O)N3CCC(O)C(F)(F)CC3)cn2)cc1. The number of amides is 1. The molecule has 1 aromatic carbocycles. The molecular formula is C18H21F2N3O2. The highest BCUT2D eigenvalue weighted by molar-refractivity contribution is 5.93. The predicted molar refractivity (Wildman–Crippen MR) is 88.6 cm³/mol. The smallest absolute Gasteiger partial charge is 0.275 e. The zero-order chi connectivity index (χ0) is 18.0. The van der Waals surface area contributed by atoms with Crippen LogP contribution in [-0.2, 0) is 6.54 Å². The van der Waals surface area contributed by atoms with Gasteiger partial charge in [0.2, 0.25) is 0 Å². The van der Waals surface area contributed by atoms with E-state index < -0.39 is 18.4 Å². The van der Waals surface area contributed by atoms with Crippen molar-refractivity contribution in [2.45, 2.75) is 38.3 Å². The van der Waals surface area contributed by atoms with Gasteiger partial charge >= 0.3 is 0 Å². The Morgan fingerprint density at radius 3 is 2.76 bits per heavy atom. The number of benzene rings is 1. The molecule has 25 heavy (non-hydrogen) atoms. The van der Waals surface area contributed by atoms with Gasteiger partial charge in [0.25, 0.3) is 11.8 Å². The summed E-state index contributed by atoms with van der Waals surface area (Å²) in [6, 6.07) is 8.01.